The Morgan fingerprint density at radius 1 is 1.09 bits per heavy atom. The van der Waals surface area contributed by atoms with Gasteiger partial charge in [0, 0.05) is 18.2 Å². The fourth-order valence-electron chi connectivity index (χ4n) is 2.79. The van der Waals surface area contributed by atoms with Crippen LogP contribution < -0.4 is 15.4 Å². The third kappa shape index (κ3) is 5.62. The van der Waals surface area contributed by atoms with E-state index >= 15 is 0 Å². The van der Waals surface area contributed by atoms with Gasteiger partial charge in [-0.2, -0.15) is 0 Å². The monoisotopic (exact) mass is 447 g/mol. The molecular formula is C21H20F3N5O3. The van der Waals surface area contributed by atoms with Crippen molar-refractivity contribution in [3.05, 3.63) is 71.3 Å². The molecule has 8 nitrogen and oxygen atoms in total. The van der Waals surface area contributed by atoms with Crippen LogP contribution in [-0.4, -0.2) is 46.3 Å². The molecule has 2 aromatic carbocycles. The van der Waals surface area contributed by atoms with Gasteiger partial charge in [-0.3, -0.25) is 9.59 Å². The molecule has 11 heteroatoms. The summed E-state index contributed by atoms with van der Waals surface area (Å²) < 4.78 is 45.3. The minimum Gasteiger partial charge on any atom is -0.487 e. The van der Waals surface area contributed by atoms with E-state index in [4.69, 9.17) is 4.74 Å². The summed E-state index contributed by atoms with van der Waals surface area (Å²) in [5.41, 5.74) is 0.820. The molecule has 3 aromatic rings. The van der Waals surface area contributed by atoms with E-state index in [-0.39, 0.29) is 29.7 Å². The van der Waals surface area contributed by atoms with Gasteiger partial charge in [-0.1, -0.05) is 11.3 Å². The first-order chi connectivity index (χ1) is 15.4. The summed E-state index contributed by atoms with van der Waals surface area (Å²) in [6.07, 6.45) is -2.73. The molecule has 0 radical (unpaired) electrons. The van der Waals surface area contributed by atoms with Gasteiger partial charge in [-0.15, -0.1) is 5.10 Å². The number of hydrogen-bond donors (Lipinski definition) is 2. The second-order valence-corrected chi connectivity index (χ2v) is 6.55. The molecular weight excluding hydrogens is 427 g/mol. The zero-order valence-corrected chi connectivity index (χ0v) is 17.0. The number of amides is 2. The maximum absolute atomic E-state index is 13.4. The number of aromatic nitrogens is 3. The molecule has 0 saturated carbocycles. The molecule has 1 aromatic heterocycles. The van der Waals surface area contributed by atoms with Crippen LogP contribution in [0.25, 0.3) is 5.69 Å². The van der Waals surface area contributed by atoms with Crippen LogP contribution in [-0.2, 0) is 6.61 Å². The molecule has 3 rings (SSSR count). The Balaban J connectivity index is 1.90. The molecule has 0 aliphatic rings. The van der Waals surface area contributed by atoms with E-state index in [2.05, 4.69) is 20.9 Å². The van der Waals surface area contributed by atoms with Crippen molar-refractivity contribution in [1.82, 2.24) is 25.6 Å². The molecule has 2 N–H and O–H groups in total. The third-order valence-corrected chi connectivity index (χ3v) is 4.28. The highest BCUT2D eigenvalue weighted by molar-refractivity contribution is 5.94. The number of halogens is 3. The van der Waals surface area contributed by atoms with E-state index in [9.17, 15) is 22.8 Å². The molecule has 0 spiro atoms. The molecule has 1 heterocycles. The number of hydrogen-bond acceptors (Lipinski definition) is 5. The lowest BCUT2D eigenvalue weighted by Gasteiger charge is -2.11. The van der Waals surface area contributed by atoms with Crippen molar-refractivity contribution in [1.29, 1.82) is 0 Å². The molecule has 0 aliphatic heterocycles. The normalized spacial score (nSPS) is 10.8. The highest BCUT2D eigenvalue weighted by Gasteiger charge is 2.22. The molecule has 0 bridgehead atoms. The molecule has 0 atom stereocenters. The molecule has 0 saturated heterocycles. The van der Waals surface area contributed by atoms with Crippen molar-refractivity contribution in [2.45, 2.75) is 20.0 Å². The average molecular weight is 447 g/mol. The van der Waals surface area contributed by atoms with Crippen molar-refractivity contribution in [2.75, 3.05) is 13.1 Å². The predicted molar refractivity (Wildman–Crippen MR) is 108 cm³/mol. The van der Waals surface area contributed by atoms with Crippen molar-refractivity contribution in [3.8, 4) is 11.4 Å². The summed E-state index contributed by atoms with van der Waals surface area (Å²) in [4.78, 5) is 24.3. The van der Waals surface area contributed by atoms with Crippen LogP contribution in [0.15, 0.2) is 48.5 Å². The summed E-state index contributed by atoms with van der Waals surface area (Å²) in [5, 5.41) is 12.5. The molecule has 32 heavy (non-hydrogen) atoms. The lowest BCUT2D eigenvalue weighted by Crippen LogP contribution is -2.29. The van der Waals surface area contributed by atoms with Gasteiger partial charge in [-0.25, -0.2) is 17.9 Å². The lowest BCUT2D eigenvalue weighted by molar-refractivity contribution is 0.0884. The zero-order chi connectivity index (χ0) is 23.1. The second kappa shape index (κ2) is 10.4. The molecule has 2 amide bonds. The second-order valence-electron chi connectivity index (χ2n) is 6.55. The number of nitrogens with one attached hydrogen (secondary N) is 2. The number of rotatable bonds is 9. The van der Waals surface area contributed by atoms with Crippen LogP contribution in [0.4, 0.5) is 13.2 Å². The number of nitrogens with zero attached hydrogens (tertiary/aromatic N) is 3. The Labute approximate surface area is 181 Å². The summed E-state index contributed by atoms with van der Waals surface area (Å²) in [6.45, 7) is 1.18. The SMILES string of the molecule is CCNC(=O)c1ccc(-n2nnc(C(=O)NCC(F)F)c2COc2cccc(F)c2)cc1. The largest absolute Gasteiger partial charge is 0.487 e. The van der Waals surface area contributed by atoms with Crippen molar-refractivity contribution < 1.29 is 27.5 Å². The van der Waals surface area contributed by atoms with Gasteiger partial charge < -0.3 is 15.4 Å². The van der Waals surface area contributed by atoms with Gasteiger partial charge >= 0.3 is 0 Å². The Hall–Kier alpha value is -3.89. The molecule has 0 aliphatic carbocycles. The number of carbonyl (C=O) groups is 2. The highest BCUT2D eigenvalue weighted by atomic mass is 19.3. The fourth-order valence-corrected chi connectivity index (χ4v) is 2.79. The molecule has 168 valence electrons. The average Bonchev–Trinajstić information content (AvgIpc) is 3.20. The van der Waals surface area contributed by atoms with Crippen molar-refractivity contribution in [2.24, 2.45) is 0 Å². The number of benzene rings is 2. The van der Waals surface area contributed by atoms with E-state index in [0.717, 1.165) is 6.07 Å². The van der Waals surface area contributed by atoms with E-state index in [1.165, 1.54) is 22.9 Å². The first-order valence-electron chi connectivity index (χ1n) is 9.67. The van der Waals surface area contributed by atoms with Crippen LogP contribution in [0.5, 0.6) is 5.75 Å². The van der Waals surface area contributed by atoms with Crippen molar-refractivity contribution in [3.63, 3.8) is 0 Å². The van der Waals surface area contributed by atoms with Crippen LogP contribution in [0, 0.1) is 5.82 Å². The van der Waals surface area contributed by atoms with Crippen LogP contribution in [0.3, 0.4) is 0 Å². The van der Waals surface area contributed by atoms with Gasteiger partial charge in [0.2, 0.25) is 0 Å². The zero-order valence-electron chi connectivity index (χ0n) is 17.0. The Kier molecular flexibility index (Phi) is 7.42. The van der Waals surface area contributed by atoms with Crippen LogP contribution in [0.1, 0.15) is 33.5 Å². The smallest absolute Gasteiger partial charge is 0.274 e. The molecule has 0 unspecified atom stereocenters. The number of ether oxygens (including phenoxy) is 1. The topological polar surface area (TPSA) is 98.1 Å². The van der Waals surface area contributed by atoms with E-state index in [1.807, 2.05) is 0 Å². The standard InChI is InChI=1S/C21H20F3N5O3/c1-2-25-20(30)13-6-8-15(9-7-13)29-17(12-32-16-5-3-4-14(22)10-16)19(27-28-29)21(31)26-11-18(23)24/h3-10,18H,2,11-12H2,1H3,(H,25,30)(H,26,31). The van der Waals surface area contributed by atoms with Crippen LogP contribution in [0.2, 0.25) is 0 Å². The van der Waals surface area contributed by atoms with Gasteiger partial charge in [0.1, 0.15) is 23.9 Å². The first-order valence-corrected chi connectivity index (χ1v) is 9.67. The summed E-state index contributed by atoms with van der Waals surface area (Å²) in [6, 6.07) is 11.7. The van der Waals surface area contributed by atoms with E-state index < -0.39 is 24.7 Å². The quantitative estimate of drug-likeness (QED) is 0.526. The van der Waals surface area contributed by atoms with Gasteiger partial charge in [0.25, 0.3) is 18.2 Å². The predicted octanol–water partition coefficient (Wildman–Crippen LogP) is 2.73. The van der Waals surface area contributed by atoms with Gasteiger partial charge in [0.05, 0.1) is 12.2 Å². The fraction of sp³-hybridized carbons (Fsp3) is 0.238. The minimum absolute atomic E-state index is 0.159. The summed E-state index contributed by atoms with van der Waals surface area (Å²) in [5.74, 6) is -1.42. The lowest BCUT2D eigenvalue weighted by atomic mass is 10.2. The highest BCUT2D eigenvalue weighted by Crippen LogP contribution is 2.19. The maximum Gasteiger partial charge on any atom is 0.274 e. The van der Waals surface area contributed by atoms with Crippen LogP contribution >= 0.6 is 0 Å². The maximum atomic E-state index is 13.4. The van der Waals surface area contributed by atoms with E-state index in [0.29, 0.717) is 17.8 Å². The first kappa shape index (κ1) is 22.8. The van der Waals surface area contributed by atoms with E-state index in [1.54, 1.807) is 31.2 Å². The number of alkyl halides is 2. The summed E-state index contributed by atoms with van der Waals surface area (Å²) in [7, 11) is 0. The van der Waals surface area contributed by atoms with Gasteiger partial charge in [0.15, 0.2) is 5.69 Å². The summed E-state index contributed by atoms with van der Waals surface area (Å²) >= 11 is 0. The minimum atomic E-state index is -2.73. The Morgan fingerprint density at radius 3 is 2.50 bits per heavy atom. The Bertz CT molecular complexity index is 1090. The number of carbonyl (C=O) groups excluding carboxylic acids is 2. The van der Waals surface area contributed by atoms with Gasteiger partial charge in [-0.05, 0) is 43.3 Å². The molecule has 0 fully saturated rings. The Morgan fingerprint density at radius 2 is 1.84 bits per heavy atom. The third-order valence-electron chi connectivity index (χ3n) is 4.28. The van der Waals surface area contributed by atoms with Crippen molar-refractivity contribution >= 4 is 11.8 Å².